The second-order valence-electron chi connectivity index (χ2n) is 7.46. The number of imidazole rings is 1. The third kappa shape index (κ3) is 9.12. The maximum absolute atomic E-state index is 11.2. The molecule has 3 aromatic rings. The molecular weight excluding hydrogens is 554 g/mol. The Morgan fingerprint density at radius 2 is 1.72 bits per heavy atom. The van der Waals surface area contributed by atoms with E-state index in [1.165, 1.54) is 11.8 Å². The van der Waals surface area contributed by atoms with Crippen LogP contribution >= 0.6 is 42.6 Å². The van der Waals surface area contributed by atoms with Crippen molar-refractivity contribution in [3.8, 4) is 0 Å². The fraction of sp³-hybridized carbons (Fsp3) is 0.238. The summed E-state index contributed by atoms with van der Waals surface area (Å²) in [7, 11) is -4.82. The number of carbonyl (C=O) groups is 2. The Kier molecular flexibility index (Phi) is 10.8. The molecule has 11 nitrogen and oxygen atoms in total. The number of ether oxygens (including phenoxy) is 1. The third-order valence-corrected chi connectivity index (χ3v) is 6.33. The van der Waals surface area contributed by atoms with Crippen LogP contribution in [0.25, 0.3) is 0 Å². The van der Waals surface area contributed by atoms with Crippen LogP contribution in [0.1, 0.15) is 36.8 Å². The molecule has 0 aliphatic rings. The number of nitrogens with two attached hydrogens (primary N) is 1. The van der Waals surface area contributed by atoms with Crippen molar-refractivity contribution in [1.29, 1.82) is 0 Å². The zero-order valence-corrected chi connectivity index (χ0v) is 22.3. The number of hydrogen-bond donors (Lipinski definition) is 4. The number of aromatic nitrogens is 3. The van der Waals surface area contributed by atoms with E-state index in [1.54, 1.807) is 18.5 Å². The Bertz CT molecular complexity index is 1250. The average Bonchev–Trinajstić information content (AvgIpc) is 3.09. The lowest BCUT2D eigenvalue weighted by Gasteiger charge is -2.14. The molecule has 36 heavy (non-hydrogen) atoms. The Balaban J connectivity index is 0.000000572. The largest absolute Gasteiger partial charge is 0.472 e. The van der Waals surface area contributed by atoms with Crippen LogP contribution in [0.3, 0.4) is 0 Å². The highest BCUT2D eigenvalue weighted by Gasteiger charge is 2.24. The van der Waals surface area contributed by atoms with Gasteiger partial charge in [0.1, 0.15) is 10.9 Å². The molecule has 1 amide bonds. The maximum atomic E-state index is 11.2. The summed E-state index contributed by atoms with van der Waals surface area (Å²) in [5, 5.41) is 9.53. The number of primary amides is 1. The van der Waals surface area contributed by atoms with Gasteiger partial charge in [-0.15, -0.1) is 0 Å². The normalized spacial score (nSPS) is 11.1. The predicted molar refractivity (Wildman–Crippen MR) is 135 cm³/mol. The van der Waals surface area contributed by atoms with Gasteiger partial charge in [0.05, 0.1) is 12.2 Å². The van der Waals surface area contributed by atoms with E-state index in [-0.39, 0.29) is 12.5 Å². The summed E-state index contributed by atoms with van der Waals surface area (Å²) in [5.74, 6) is 0.762. The number of hydrogen-bond acceptors (Lipinski definition) is 7. The molecule has 0 atom stereocenters. The fourth-order valence-corrected chi connectivity index (χ4v) is 4.68. The maximum Gasteiger partial charge on any atom is 0.433 e. The summed E-state index contributed by atoms with van der Waals surface area (Å²) in [6.45, 7) is 4.65. The van der Waals surface area contributed by atoms with Crippen LogP contribution in [0.4, 0.5) is 9.59 Å². The summed E-state index contributed by atoms with van der Waals surface area (Å²) in [6.07, 6.45) is 2.63. The lowest BCUT2D eigenvalue weighted by molar-refractivity contribution is 0.145. The van der Waals surface area contributed by atoms with E-state index < -0.39 is 19.4 Å². The molecule has 3 rings (SSSR count). The summed E-state index contributed by atoms with van der Waals surface area (Å²) in [4.78, 5) is 45.3. The molecule has 0 radical (unpaired) electrons. The van der Waals surface area contributed by atoms with Crippen molar-refractivity contribution < 1.29 is 33.8 Å². The second kappa shape index (κ2) is 13.1. The van der Waals surface area contributed by atoms with Crippen LogP contribution < -0.4 is 5.73 Å². The standard InChI is InChI=1S/C20H20Cl2N4O2S.CH3O5P/c1-12(2)18-19(29-16-8-14(21)7-15(22)9-16)26(10-13-3-5-24-6-4-13)17(25-18)11-28-20(23)27;2-1(3)7(4,5)6/h3-9,12H,10-11H2,1-2H3,(H2,23,27);(H,2,3)(H2,4,5,6). The lowest BCUT2D eigenvalue weighted by atomic mass is 10.1. The van der Waals surface area contributed by atoms with Crippen LogP contribution in [0.15, 0.2) is 52.6 Å². The van der Waals surface area contributed by atoms with Crippen molar-refractivity contribution in [2.24, 2.45) is 5.73 Å². The first kappa shape index (κ1) is 29.6. The molecule has 0 spiro atoms. The molecule has 0 saturated heterocycles. The summed E-state index contributed by atoms with van der Waals surface area (Å²) >= 11 is 13.9. The third-order valence-electron chi connectivity index (χ3n) is 4.31. The molecule has 5 N–H and O–H groups in total. The van der Waals surface area contributed by atoms with Crippen molar-refractivity contribution in [2.75, 3.05) is 0 Å². The molecule has 2 heterocycles. The molecule has 0 fully saturated rings. The van der Waals surface area contributed by atoms with Crippen molar-refractivity contribution in [1.82, 2.24) is 14.5 Å². The quantitative estimate of drug-likeness (QED) is 0.255. The molecule has 1 aromatic carbocycles. The van der Waals surface area contributed by atoms with Crippen molar-refractivity contribution >= 4 is 54.4 Å². The summed E-state index contributed by atoms with van der Waals surface area (Å²) in [5.41, 5.74) is 5.01. The summed E-state index contributed by atoms with van der Waals surface area (Å²) < 4.78 is 16.5. The van der Waals surface area contributed by atoms with Crippen LogP contribution in [0.5, 0.6) is 0 Å². The smallest absolute Gasteiger partial charge is 0.433 e. The zero-order chi connectivity index (χ0) is 27.0. The minimum atomic E-state index is -4.82. The van der Waals surface area contributed by atoms with E-state index >= 15 is 0 Å². The van der Waals surface area contributed by atoms with E-state index in [0.29, 0.717) is 22.4 Å². The first-order valence-corrected chi connectivity index (χ1v) is 13.3. The predicted octanol–water partition coefficient (Wildman–Crippen LogP) is 5.35. The van der Waals surface area contributed by atoms with Crippen LogP contribution in [0, 0.1) is 0 Å². The van der Waals surface area contributed by atoms with Crippen LogP contribution in [0.2, 0.25) is 10.0 Å². The minimum absolute atomic E-state index is 0.0169. The Morgan fingerprint density at radius 1 is 1.17 bits per heavy atom. The number of halogens is 2. The Morgan fingerprint density at radius 3 is 2.19 bits per heavy atom. The van der Waals surface area contributed by atoms with Gasteiger partial charge in [-0.3, -0.25) is 4.98 Å². The van der Waals surface area contributed by atoms with E-state index in [1.807, 2.05) is 28.8 Å². The van der Waals surface area contributed by atoms with Gasteiger partial charge in [-0.05, 0) is 41.8 Å². The van der Waals surface area contributed by atoms with Crippen molar-refractivity contribution in [2.45, 2.75) is 42.8 Å². The van der Waals surface area contributed by atoms with Crippen LogP contribution in [-0.4, -0.2) is 41.2 Å². The van der Waals surface area contributed by atoms with Gasteiger partial charge < -0.3 is 29.9 Å². The van der Waals surface area contributed by atoms with Gasteiger partial charge in [-0.1, -0.05) is 48.8 Å². The van der Waals surface area contributed by atoms with E-state index in [0.717, 1.165) is 21.2 Å². The molecular formula is C21H23Cl2N4O7PS. The number of carboxylic acid groups (broad SMARTS) is 1. The molecule has 0 saturated carbocycles. The van der Waals surface area contributed by atoms with E-state index in [2.05, 4.69) is 18.8 Å². The number of rotatable bonds is 8. The number of pyridine rings is 1. The molecule has 0 bridgehead atoms. The van der Waals surface area contributed by atoms with Gasteiger partial charge in [0.15, 0.2) is 6.61 Å². The van der Waals surface area contributed by atoms with Gasteiger partial charge in [0, 0.05) is 27.3 Å². The number of nitrogens with zero attached hydrogens (tertiary/aromatic N) is 3. The SMILES string of the molecule is CC(C)c1nc(COC(N)=O)n(Cc2ccncc2)c1Sc1cc(Cl)cc(Cl)c1.O=C(O)P(=O)(O)O. The highest BCUT2D eigenvalue weighted by Crippen LogP contribution is 2.37. The van der Waals surface area contributed by atoms with Gasteiger partial charge in [0.2, 0.25) is 0 Å². The minimum Gasteiger partial charge on any atom is -0.472 e. The molecule has 2 aromatic heterocycles. The first-order chi connectivity index (χ1) is 16.8. The van der Waals surface area contributed by atoms with Gasteiger partial charge in [-0.2, -0.15) is 0 Å². The summed E-state index contributed by atoms with van der Waals surface area (Å²) in [6, 6.07) is 9.25. The molecule has 0 aliphatic heterocycles. The van der Waals surface area contributed by atoms with Crippen molar-refractivity contribution in [3.05, 3.63) is 69.9 Å². The monoisotopic (exact) mass is 576 g/mol. The average molecular weight is 577 g/mol. The second-order valence-corrected chi connectivity index (χ2v) is 10.9. The lowest BCUT2D eigenvalue weighted by Crippen LogP contribution is -2.15. The zero-order valence-electron chi connectivity index (χ0n) is 19.0. The Hall–Kier alpha value is -2.60. The molecule has 194 valence electrons. The number of amides is 1. The van der Waals surface area contributed by atoms with Gasteiger partial charge in [0.25, 0.3) is 0 Å². The fourth-order valence-electron chi connectivity index (χ4n) is 2.76. The van der Waals surface area contributed by atoms with Gasteiger partial charge >= 0.3 is 19.4 Å². The van der Waals surface area contributed by atoms with E-state index in [4.69, 9.17) is 53.5 Å². The highest BCUT2D eigenvalue weighted by molar-refractivity contribution is 7.99. The Labute approximate surface area is 220 Å². The molecule has 0 unspecified atom stereocenters. The van der Waals surface area contributed by atoms with Crippen LogP contribution in [-0.2, 0) is 22.5 Å². The highest BCUT2D eigenvalue weighted by atomic mass is 35.5. The number of carbonyl (C=O) groups excluding carboxylic acids is 1. The van der Waals surface area contributed by atoms with Gasteiger partial charge in [-0.25, -0.2) is 19.1 Å². The molecule has 15 heteroatoms. The molecule has 0 aliphatic carbocycles. The first-order valence-electron chi connectivity index (χ1n) is 10.1. The van der Waals surface area contributed by atoms with Crippen molar-refractivity contribution in [3.63, 3.8) is 0 Å². The van der Waals surface area contributed by atoms with E-state index in [9.17, 15) is 14.2 Å². The number of benzene rings is 1. The topological polar surface area (TPSA) is 178 Å².